The van der Waals surface area contributed by atoms with Gasteiger partial charge in [-0.25, -0.2) is 0 Å². The van der Waals surface area contributed by atoms with Gasteiger partial charge in [0.25, 0.3) is 0 Å². The van der Waals surface area contributed by atoms with Gasteiger partial charge < -0.3 is 4.74 Å². The number of hydrogen-bond donors (Lipinski definition) is 0. The van der Waals surface area contributed by atoms with Gasteiger partial charge in [-0.2, -0.15) is 0 Å². The standard InChI is InChI=1S/C16H21NOS/c1-7-11(5)14-12(6)15(13(8-2)18-10-4)19-16(14)17-9-3/h7H,1-2,9-10H2,3-6H3/b14-11+,17-16?. The zero-order chi connectivity index (χ0) is 14.4. The summed E-state index contributed by atoms with van der Waals surface area (Å²) in [5.41, 5.74) is 6.33. The van der Waals surface area contributed by atoms with Crippen molar-refractivity contribution < 1.29 is 4.74 Å². The van der Waals surface area contributed by atoms with Crippen molar-refractivity contribution >= 4 is 16.8 Å². The van der Waals surface area contributed by atoms with E-state index in [1.54, 1.807) is 11.8 Å². The lowest BCUT2D eigenvalue weighted by Gasteiger charge is -2.06. The normalized spacial score (nSPS) is 19.5. The van der Waals surface area contributed by atoms with Crippen LogP contribution in [0.1, 0.15) is 27.7 Å². The van der Waals surface area contributed by atoms with Gasteiger partial charge in [0.15, 0.2) is 5.76 Å². The quantitative estimate of drug-likeness (QED) is 0.539. The molecule has 0 unspecified atom stereocenters. The molecular formula is C16H21NOS. The molecule has 0 bridgehead atoms. The molecule has 0 radical (unpaired) electrons. The lowest BCUT2D eigenvalue weighted by Crippen LogP contribution is -1.96. The van der Waals surface area contributed by atoms with Crippen LogP contribution in [0.5, 0.6) is 0 Å². The predicted octanol–water partition coefficient (Wildman–Crippen LogP) is 4.63. The second kappa shape index (κ2) is 7.22. The van der Waals surface area contributed by atoms with E-state index in [0.29, 0.717) is 12.4 Å². The Hall–Kier alpha value is -1.44. The van der Waals surface area contributed by atoms with Crippen molar-refractivity contribution in [3.8, 4) is 0 Å². The van der Waals surface area contributed by atoms with E-state index in [2.05, 4.69) is 37.7 Å². The maximum absolute atomic E-state index is 5.59. The highest BCUT2D eigenvalue weighted by Gasteiger charge is 2.27. The fourth-order valence-electron chi connectivity index (χ4n) is 1.88. The van der Waals surface area contributed by atoms with Crippen LogP contribution in [0.25, 0.3) is 0 Å². The van der Waals surface area contributed by atoms with Gasteiger partial charge in [0.2, 0.25) is 0 Å². The first-order valence-electron chi connectivity index (χ1n) is 6.41. The number of ether oxygens (including phenoxy) is 1. The molecular weight excluding hydrogens is 254 g/mol. The molecule has 0 spiro atoms. The summed E-state index contributed by atoms with van der Waals surface area (Å²) in [5, 5.41) is 1.03. The van der Waals surface area contributed by atoms with E-state index in [9.17, 15) is 0 Å². The van der Waals surface area contributed by atoms with Crippen LogP contribution in [0, 0.1) is 0 Å². The van der Waals surface area contributed by atoms with Crippen molar-refractivity contribution in [3.63, 3.8) is 0 Å². The molecule has 1 aliphatic rings. The molecule has 102 valence electrons. The summed E-state index contributed by atoms with van der Waals surface area (Å²) in [6.45, 7) is 17.1. The molecule has 0 amide bonds. The second-order valence-corrected chi connectivity index (χ2v) is 5.04. The fourth-order valence-corrected chi connectivity index (χ4v) is 3.16. The lowest BCUT2D eigenvalue weighted by atomic mass is 10.0. The molecule has 0 aromatic heterocycles. The minimum atomic E-state index is 0.606. The number of hydrogen-bond acceptors (Lipinski definition) is 3. The molecule has 0 saturated carbocycles. The summed E-state index contributed by atoms with van der Waals surface area (Å²) in [4.78, 5) is 5.62. The molecule has 0 aromatic rings. The van der Waals surface area contributed by atoms with Gasteiger partial charge in [-0.05, 0) is 38.8 Å². The smallest absolute Gasteiger partial charge is 0.175 e. The molecule has 1 aliphatic heterocycles. The Morgan fingerprint density at radius 1 is 1.47 bits per heavy atom. The van der Waals surface area contributed by atoms with E-state index in [-0.39, 0.29) is 0 Å². The largest absolute Gasteiger partial charge is 0.485 e. The third-order valence-corrected chi connectivity index (χ3v) is 4.01. The summed E-state index contributed by atoms with van der Waals surface area (Å²) in [6.07, 6.45) is 1.87. The lowest BCUT2D eigenvalue weighted by molar-refractivity contribution is 0.242. The zero-order valence-electron chi connectivity index (χ0n) is 12.2. The van der Waals surface area contributed by atoms with Crippen LogP contribution in [0.15, 0.2) is 57.3 Å². The number of nitrogens with zero attached hydrogens (tertiary/aromatic N) is 1. The molecule has 19 heavy (non-hydrogen) atoms. The minimum absolute atomic E-state index is 0.606. The van der Waals surface area contributed by atoms with Crippen LogP contribution in [0.3, 0.4) is 0 Å². The predicted molar refractivity (Wildman–Crippen MR) is 85.4 cm³/mol. The van der Waals surface area contributed by atoms with E-state index < -0.39 is 0 Å². The Bertz CT molecular complexity index is 517. The molecule has 3 heteroatoms. The van der Waals surface area contributed by atoms with Crippen molar-refractivity contribution in [3.05, 3.63) is 52.3 Å². The molecule has 2 nitrogen and oxygen atoms in total. The monoisotopic (exact) mass is 275 g/mol. The van der Waals surface area contributed by atoms with Crippen LogP contribution in [0.2, 0.25) is 0 Å². The SMILES string of the molecule is C=C=C(OCC)C1=C(C)/C(=C(/C)C=C)C(=NCC)S1. The summed E-state index contributed by atoms with van der Waals surface area (Å²) < 4.78 is 5.59. The van der Waals surface area contributed by atoms with E-state index in [4.69, 9.17) is 4.74 Å². The fraction of sp³-hybridized carbons (Fsp3) is 0.375. The molecule has 1 rings (SSSR count). The first-order chi connectivity index (χ1) is 9.10. The summed E-state index contributed by atoms with van der Waals surface area (Å²) in [7, 11) is 0. The Morgan fingerprint density at radius 2 is 2.16 bits per heavy atom. The maximum atomic E-state index is 5.59. The number of rotatable bonds is 5. The average Bonchev–Trinajstić information content (AvgIpc) is 2.72. The Labute approximate surface area is 120 Å². The van der Waals surface area contributed by atoms with Crippen LogP contribution in [-0.4, -0.2) is 18.2 Å². The zero-order valence-corrected chi connectivity index (χ0v) is 13.0. The van der Waals surface area contributed by atoms with Gasteiger partial charge >= 0.3 is 0 Å². The Balaban J connectivity index is 3.37. The van der Waals surface area contributed by atoms with Gasteiger partial charge in [0.05, 0.1) is 11.5 Å². The second-order valence-electron chi connectivity index (χ2n) is 4.04. The summed E-state index contributed by atoms with van der Waals surface area (Å²) in [6, 6.07) is 0. The molecule has 0 saturated heterocycles. The van der Waals surface area contributed by atoms with E-state index >= 15 is 0 Å². The van der Waals surface area contributed by atoms with Gasteiger partial charge in [0.1, 0.15) is 5.04 Å². The minimum Gasteiger partial charge on any atom is -0.485 e. The van der Waals surface area contributed by atoms with Crippen molar-refractivity contribution in [2.45, 2.75) is 27.7 Å². The Kier molecular flexibility index (Phi) is 5.94. The molecule has 0 N–H and O–H groups in total. The van der Waals surface area contributed by atoms with Gasteiger partial charge in [-0.3, -0.25) is 4.99 Å². The van der Waals surface area contributed by atoms with Crippen LogP contribution >= 0.6 is 11.8 Å². The van der Waals surface area contributed by atoms with E-state index in [0.717, 1.165) is 33.2 Å². The van der Waals surface area contributed by atoms with Crippen LogP contribution in [0.4, 0.5) is 0 Å². The van der Waals surface area contributed by atoms with Gasteiger partial charge in [-0.15, -0.1) is 0 Å². The van der Waals surface area contributed by atoms with Gasteiger partial charge in [-0.1, -0.05) is 36.7 Å². The number of thioether (sulfide) groups is 1. The highest BCUT2D eigenvalue weighted by molar-refractivity contribution is 8.18. The molecule has 0 aromatic carbocycles. The van der Waals surface area contributed by atoms with Crippen LogP contribution in [-0.2, 0) is 4.74 Å². The van der Waals surface area contributed by atoms with Crippen molar-refractivity contribution in [1.29, 1.82) is 0 Å². The molecule has 1 heterocycles. The molecule has 0 aliphatic carbocycles. The van der Waals surface area contributed by atoms with Crippen molar-refractivity contribution in [1.82, 2.24) is 0 Å². The van der Waals surface area contributed by atoms with E-state index in [1.165, 1.54) is 0 Å². The van der Waals surface area contributed by atoms with E-state index in [1.807, 2.05) is 19.9 Å². The third-order valence-electron chi connectivity index (χ3n) is 2.79. The average molecular weight is 275 g/mol. The highest BCUT2D eigenvalue weighted by atomic mass is 32.2. The van der Waals surface area contributed by atoms with Crippen LogP contribution < -0.4 is 0 Å². The third kappa shape index (κ3) is 3.31. The van der Waals surface area contributed by atoms with Crippen molar-refractivity contribution in [2.75, 3.05) is 13.2 Å². The number of allylic oxidation sites excluding steroid dienone is 3. The topological polar surface area (TPSA) is 21.6 Å². The Morgan fingerprint density at radius 3 is 2.63 bits per heavy atom. The summed E-state index contributed by atoms with van der Waals surface area (Å²) in [5.74, 6) is 0.709. The first kappa shape index (κ1) is 15.6. The van der Waals surface area contributed by atoms with Gasteiger partial charge in [0, 0.05) is 12.1 Å². The molecule has 0 atom stereocenters. The maximum Gasteiger partial charge on any atom is 0.175 e. The summed E-state index contributed by atoms with van der Waals surface area (Å²) >= 11 is 1.63. The first-order valence-corrected chi connectivity index (χ1v) is 7.22. The van der Waals surface area contributed by atoms with Crippen molar-refractivity contribution in [2.24, 2.45) is 4.99 Å². The molecule has 0 fully saturated rings. The number of aliphatic imine (C=N–C) groups is 1. The highest BCUT2D eigenvalue weighted by Crippen LogP contribution is 2.43.